The van der Waals surface area contributed by atoms with Crippen molar-refractivity contribution in [1.29, 1.82) is 0 Å². The molecule has 23 heavy (non-hydrogen) atoms. The largest absolute Gasteiger partial charge is 0.391 e. The van der Waals surface area contributed by atoms with Crippen LogP contribution in [0.3, 0.4) is 0 Å². The molecule has 7 nitrogen and oxygen atoms in total. The molecule has 0 unspecified atom stereocenters. The first-order valence-corrected chi connectivity index (χ1v) is 9.11. The molecule has 8 heteroatoms. The third-order valence-electron chi connectivity index (χ3n) is 5.01. The summed E-state index contributed by atoms with van der Waals surface area (Å²) in [6.45, 7) is 1.93. The minimum atomic E-state index is -0.356. The Morgan fingerprint density at radius 1 is 1.26 bits per heavy atom. The molecule has 3 heterocycles. The molecule has 1 aliphatic carbocycles. The average molecular weight is 332 g/mol. The molecule has 1 saturated carbocycles. The van der Waals surface area contributed by atoms with Crippen LogP contribution in [-0.4, -0.2) is 55.3 Å². The number of aliphatic hydroxyl groups is 1. The van der Waals surface area contributed by atoms with Gasteiger partial charge in [0.15, 0.2) is 5.16 Å². The van der Waals surface area contributed by atoms with Crippen LogP contribution in [0, 0.1) is 11.8 Å². The van der Waals surface area contributed by atoms with Crippen molar-refractivity contribution in [2.24, 2.45) is 11.8 Å². The van der Waals surface area contributed by atoms with Crippen molar-refractivity contribution in [2.45, 2.75) is 30.1 Å². The number of anilines is 1. The molecule has 0 spiro atoms. The second-order valence-corrected chi connectivity index (χ2v) is 7.08. The van der Waals surface area contributed by atoms with Crippen molar-refractivity contribution in [3.05, 3.63) is 24.9 Å². The van der Waals surface area contributed by atoms with Crippen molar-refractivity contribution in [2.75, 3.05) is 24.2 Å². The van der Waals surface area contributed by atoms with Crippen molar-refractivity contribution in [3.8, 4) is 0 Å². The Balaban J connectivity index is 1.51. The molecule has 0 aromatic carbocycles. The molecule has 1 saturated heterocycles. The highest BCUT2D eigenvalue weighted by Gasteiger charge is 2.43. The summed E-state index contributed by atoms with van der Waals surface area (Å²) in [5.41, 5.74) is 0. The highest BCUT2D eigenvalue weighted by molar-refractivity contribution is 7.98. The normalized spacial score (nSPS) is 30.4. The molecule has 1 aliphatic heterocycles. The number of nitrogens with zero attached hydrogens (tertiary/aromatic N) is 6. The summed E-state index contributed by atoms with van der Waals surface area (Å²) in [6, 6.07) is 2.01. The van der Waals surface area contributed by atoms with Gasteiger partial charge in [-0.1, -0.05) is 11.8 Å². The Morgan fingerprint density at radius 2 is 2.09 bits per heavy atom. The lowest BCUT2D eigenvalue weighted by atomic mass is 9.77. The van der Waals surface area contributed by atoms with E-state index in [1.807, 2.05) is 18.5 Å². The molecule has 2 aromatic heterocycles. The number of hydrogen-bond donors (Lipinski definition) is 1. The van der Waals surface area contributed by atoms with Crippen molar-refractivity contribution in [1.82, 2.24) is 24.7 Å². The minimum Gasteiger partial charge on any atom is -0.391 e. The molecule has 122 valence electrons. The van der Waals surface area contributed by atoms with E-state index in [0.717, 1.165) is 36.9 Å². The first kappa shape index (κ1) is 14.9. The van der Waals surface area contributed by atoms with Crippen LogP contribution in [0.4, 0.5) is 5.82 Å². The van der Waals surface area contributed by atoms with Crippen LogP contribution in [0.25, 0.3) is 0 Å². The highest BCUT2D eigenvalue weighted by atomic mass is 32.2. The topological polar surface area (TPSA) is 80.0 Å². The lowest BCUT2D eigenvalue weighted by Gasteiger charge is -2.34. The average Bonchev–Trinajstić information content (AvgIpc) is 3.23. The molecule has 2 aliphatic rings. The van der Waals surface area contributed by atoms with E-state index >= 15 is 0 Å². The molecule has 0 bridgehead atoms. The molecule has 4 rings (SSSR count). The number of thioether (sulfide) groups is 1. The zero-order valence-electron chi connectivity index (χ0n) is 13.0. The van der Waals surface area contributed by atoms with Gasteiger partial charge >= 0.3 is 0 Å². The van der Waals surface area contributed by atoms with E-state index < -0.39 is 0 Å². The summed E-state index contributed by atoms with van der Waals surface area (Å²) in [7, 11) is 0. The van der Waals surface area contributed by atoms with Gasteiger partial charge in [-0.3, -0.25) is 0 Å². The van der Waals surface area contributed by atoms with Crippen LogP contribution in [-0.2, 0) is 0 Å². The predicted molar refractivity (Wildman–Crippen MR) is 87.3 cm³/mol. The quantitative estimate of drug-likeness (QED) is 0.669. The predicted octanol–water partition coefficient (Wildman–Crippen LogP) is 1.24. The van der Waals surface area contributed by atoms with Crippen LogP contribution in [0.5, 0.6) is 0 Å². The third kappa shape index (κ3) is 2.81. The summed E-state index contributed by atoms with van der Waals surface area (Å²) < 4.78 is 1.81. The van der Waals surface area contributed by atoms with Gasteiger partial charge in [-0.25, -0.2) is 19.6 Å². The fraction of sp³-hybridized carbons (Fsp3) is 0.600. The molecule has 2 aromatic rings. The van der Waals surface area contributed by atoms with Crippen LogP contribution < -0.4 is 4.90 Å². The number of fused-ring (bicyclic) bond motifs is 1. The number of hydrogen-bond acceptors (Lipinski definition) is 7. The summed E-state index contributed by atoms with van der Waals surface area (Å²) in [5.74, 6) is 2.06. The molecule has 4 atom stereocenters. The van der Waals surface area contributed by atoms with E-state index in [0.29, 0.717) is 11.8 Å². The Bertz CT molecular complexity index is 666. The molecular weight excluding hydrogens is 312 g/mol. The van der Waals surface area contributed by atoms with Crippen LogP contribution in [0.2, 0.25) is 0 Å². The van der Waals surface area contributed by atoms with Crippen LogP contribution in [0.15, 0.2) is 30.1 Å². The van der Waals surface area contributed by atoms with Gasteiger partial charge < -0.3 is 10.0 Å². The summed E-state index contributed by atoms with van der Waals surface area (Å²) in [6.07, 6.45) is 8.44. The van der Waals surface area contributed by atoms with E-state index in [2.05, 4.69) is 25.0 Å². The lowest BCUT2D eigenvalue weighted by Crippen LogP contribution is -2.36. The first-order chi connectivity index (χ1) is 11.2. The van der Waals surface area contributed by atoms with Crippen molar-refractivity contribution < 1.29 is 5.11 Å². The molecule has 0 amide bonds. The second-order valence-electron chi connectivity index (χ2n) is 6.31. The summed E-state index contributed by atoms with van der Waals surface area (Å²) in [5, 5.41) is 15.5. The van der Waals surface area contributed by atoms with Gasteiger partial charge in [0.05, 0.1) is 12.1 Å². The van der Waals surface area contributed by atoms with E-state index in [1.54, 1.807) is 22.8 Å². The van der Waals surface area contributed by atoms with Crippen molar-refractivity contribution in [3.63, 3.8) is 0 Å². The number of aromatic nitrogens is 5. The first-order valence-electron chi connectivity index (χ1n) is 7.88. The van der Waals surface area contributed by atoms with E-state index in [-0.39, 0.29) is 12.1 Å². The lowest BCUT2D eigenvalue weighted by molar-refractivity contribution is 0.0305. The van der Waals surface area contributed by atoms with Gasteiger partial charge in [-0.15, -0.1) is 0 Å². The standard InChI is InChI=1S/C15H20N6OS/c1-23-15-17-3-2-14(19-15)20-6-10-4-12(21-9-16-8-18-21)13(22)5-11(10)7-20/h2-3,8-13,22H,4-7H2,1H3/t10-,11+,12-,13-/m1/s1. The summed E-state index contributed by atoms with van der Waals surface area (Å²) >= 11 is 1.56. The number of aliphatic hydroxyl groups excluding tert-OH is 1. The number of rotatable bonds is 3. The van der Waals surface area contributed by atoms with Gasteiger partial charge in [-0.2, -0.15) is 5.10 Å². The summed E-state index contributed by atoms with van der Waals surface area (Å²) in [4.78, 5) is 15.2. The van der Waals surface area contributed by atoms with Crippen molar-refractivity contribution >= 4 is 17.6 Å². The van der Waals surface area contributed by atoms with Gasteiger partial charge in [0, 0.05) is 19.3 Å². The van der Waals surface area contributed by atoms with E-state index in [9.17, 15) is 5.11 Å². The zero-order chi connectivity index (χ0) is 15.8. The fourth-order valence-corrected chi connectivity index (χ4v) is 4.22. The molecule has 0 radical (unpaired) electrons. The maximum absolute atomic E-state index is 10.5. The Labute approximate surface area is 139 Å². The van der Waals surface area contributed by atoms with Gasteiger partial charge in [0.25, 0.3) is 0 Å². The second kappa shape index (κ2) is 6.09. The molecule has 1 N–H and O–H groups in total. The van der Waals surface area contributed by atoms with Gasteiger partial charge in [0.2, 0.25) is 0 Å². The van der Waals surface area contributed by atoms with Crippen LogP contribution in [0.1, 0.15) is 18.9 Å². The van der Waals surface area contributed by atoms with Crippen LogP contribution >= 0.6 is 11.8 Å². The monoisotopic (exact) mass is 332 g/mol. The van der Waals surface area contributed by atoms with Gasteiger partial charge in [-0.05, 0) is 37.0 Å². The Hall–Kier alpha value is -1.67. The van der Waals surface area contributed by atoms with E-state index in [1.165, 1.54) is 6.33 Å². The Kier molecular flexibility index (Phi) is 3.94. The van der Waals surface area contributed by atoms with Gasteiger partial charge in [0.1, 0.15) is 18.5 Å². The molecule has 2 fully saturated rings. The zero-order valence-corrected chi connectivity index (χ0v) is 13.8. The molecular formula is C15H20N6OS. The maximum Gasteiger partial charge on any atom is 0.189 e. The van der Waals surface area contributed by atoms with E-state index in [4.69, 9.17) is 0 Å². The fourth-order valence-electron chi connectivity index (χ4n) is 3.87. The highest BCUT2D eigenvalue weighted by Crippen LogP contribution is 2.41. The Morgan fingerprint density at radius 3 is 2.83 bits per heavy atom. The maximum atomic E-state index is 10.5. The smallest absolute Gasteiger partial charge is 0.189 e. The minimum absolute atomic E-state index is 0.0332. The third-order valence-corrected chi connectivity index (χ3v) is 5.57. The SMILES string of the molecule is CSc1nccc(N2C[C@H]3C[C@@H](n4cncn4)[C@H](O)C[C@H]3C2)n1.